The third-order valence-electron chi connectivity index (χ3n) is 2.23. The molecule has 0 amide bonds. The minimum atomic E-state index is -0.152. The lowest BCUT2D eigenvalue weighted by molar-refractivity contribution is 0.301. The molecule has 0 N–H and O–H groups in total. The number of hydrogen-bond acceptors (Lipinski definition) is 1. The van der Waals surface area contributed by atoms with Crippen molar-refractivity contribution >= 4 is 0 Å². The van der Waals surface area contributed by atoms with Crippen LogP contribution in [-0.4, -0.2) is 6.10 Å². The molecule has 0 heterocycles. The molecule has 0 aliphatic heterocycles. The second-order valence-electron chi connectivity index (χ2n) is 3.42. The van der Waals surface area contributed by atoms with Crippen LogP contribution in [0.3, 0.4) is 0 Å². The second kappa shape index (κ2) is 3.36. The Morgan fingerprint density at radius 1 is 1.46 bits per heavy atom. The zero-order valence-corrected chi connectivity index (χ0v) is 7.72. The molecule has 1 fully saturated rings. The third kappa shape index (κ3) is 2.00. The van der Waals surface area contributed by atoms with E-state index in [-0.39, 0.29) is 5.82 Å². The van der Waals surface area contributed by atoms with E-state index < -0.39 is 0 Å². The first-order valence-corrected chi connectivity index (χ1v) is 4.74. The van der Waals surface area contributed by atoms with Gasteiger partial charge in [-0.15, -0.1) is 0 Å². The summed E-state index contributed by atoms with van der Waals surface area (Å²) in [7, 11) is 0. The van der Waals surface area contributed by atoms with Crippen molar-refractivity contribution in [1.82, 2.24) is 0 Å². The smallest absolute Gasteiger partial charge is 0.130 e. The lowest BCUT2D eigenvalue weighted by Crippen LogP contribution is -1.97. The molecule has 13 heavy (non-hydrogen) atoms. The first-order chi connectivity index (χ1) is 6.29. The Morgan fingerprint density at radius 3 is 2.77 bits per heavy atom. The van der Waals surface area contributed by atoms with Crippen molar-refractivity contribution in [2.45, 2.75) is 32.3 Å². The van der Waals surface area contributed by atoms with Gasteiger partial charge in [-0.3, -0.25) is 0 Å². The lowest BCUT2D eigenvalue weighted by atomic mass is 10.1. The molecular weight excluding hydrogens is 167 g/mol. The summed E-state index contributed by atoms with van der Waals surface area (Å²) in [5.41, 5.74) is 0.753. The SMILES string of the molecule is CCc1ccc(OC2CC2)cc1F. The highest BCUT2D eigenvalue weighted by Crippen LogP contribution is 2.27. The molecule has 1 nitrogen and oxygen atoms in total. The van der Waals surface area contributed by atoms with Crippen LogP contribution in [0.2, 0.25) is 0 Å². The van der Waals surface area contributed by atoms with E-state index >= 15 is 0 Å². The Bertz CT molecular complexity index is 305. The number of ether oxygens (including phenoxy) is 1. The fourth-order valence-corrected chi connectivity index (χ4v) is 1.27. The summed E-state index contributed by atoms with van der Waals surface area (Å²) in [5, 5.41) is 0. The van der Waals surface area contributed by atoms with Crippen LogP contribution in [0.5, 0.6) is 5.75 Å². The number of aryl methyl sites for hydroxylation is 1. The molecule has 70 valence electrons. The van der Waals surface area contributed by atoms with Crippen LogP contribution in [-0.2, 0) is 6.42 Å². The van der Waals surface area contributed by atoms with Gasteiger partial charge in [-0.2, -0.15) is 0 Å². The molecule has 0 atom stereocenters. The maximum atomic E-state index is 13.2. The molecule has 1 aliphatic carbocycles. The summed E-state index contributed by atoms with van der Waals surface area (Å²) in [6.07, 6.45) is 3.29. The van der Waals surface area contributed by atoms with Crippen LogP contribution in [0, 0.1) is 5.82 Å². The van der Waals surface area contributed by atoms with E-state index in [1.165, 1.54) is 6.07 Å². The summed E-state index contributed by atoms with van der Waals surface area (Å²) >= 11 is 0. The second-order valence-corrected chi connectivity index (χ2v) is 3.42. The summed E-state index contributed by atoms with van der Waals surface area (Å²) < 4.78 is 18.7. The Balaban J connectivity index is 2.13. The molecule has 2 rings (SSSR count). The van der Waals surface area contributed by atoms with Gasteiger partial charge in [0.05, 0.1) is 6.10 Å². The summed E-state index contributed by atoms with van der Waals surface area (Å²) in [5.74, 6) is 0.512. The molecule has 1 aromatic rings. The molecule has 0 saturated heterocycles. The van der Waals surface area contributed by atoms with Crippen LogP contribution in [0.1, 0.15) is 25.3 Å². The van der Waals surface area contributed by atoms with Gasteiger partial charge in [0, 0.05) is 6.07 Å². The molecule has 0 bridgehead atoms. The van der Waals surface area contributed by atoms with E-state index in [1.54, 1.807) is 6.07 Å². The normalized spacial score (nSPS) is 15.8. The third-order valence-corrected chi connectivity index (χ3v) is 2.23. The van der Waals surface area contributed by atoms with Gasteiger partial charge in [-0.05, 0) is 30.9 Å². The Hall–Kier alpha value is -1.05. The van der Waals surface area contributed by atoms with E-state index in [1.807, 2.05) is 13.0 Å². The standard InChI is InChI=1S/C11H13FO/c1-2-8-3-4-10(7-11(8)12)13-9-5-6-9/h3-4,7,9H,2,5-6H2,1H3. The Morgan fingerprint density at radius 2 is 2.23 bits per heavy atom. The number of halogens is 1. The van der Waals surface area contributed by atoms with Gasteiger partial charge in [0.25, 0.3) is 0 Å². The lowest BCUT2D eigenvalue weighted by Gasteiger charge is -2.05. The van der Waals surface area contributed by atoms with E-state index in [0.29, 0.717) is 11.9 Å². The summed E-state index contributed by atoms with van der Waals surface area (Å²) in [6.45, 7) is 1.94. The maximum absolute atomic E-state index is 13.2. The summed E-state index contributed by atoms with van der Waals surface area (Å²) in [4.78, 5) is 0. The molecule has 1 aromatic carbocycles. The van der Waals surface area contributed by atoms with Crippen molar-refractivity contribution < 1.29 is 9.13 Å². The van der Waals surface area contributed by atoms with Crippen LogP contribution in [0.15, 0.2) is 18.2 Å². The molecule has 2 heteroatoms. The van der Waals surface area contributed by atoms with Crippen LogP contribution in [0.4, 0.5) is 4.39 Å². The average Bonchev–Trinajstić information content (AvgIpc) is 2.89. The first-order valence-electron chi connectivity index (χ1n) is 4.74. The molecule has 0 unspecified atom stereocenters. The van der Waals surface area contributed by atoms with E-state index in [9.17, 15) is 4.39 Å². The van der Waals surface area contributed by atoms with E-state index in [2.05, 4.69) is 0 Å². The molecule has 0 aromatic heterocycles. The van der Waals surface area contributed by atoms with Crippen molar-refractivity contribution in [3.63, 3.8) is 0 Å². The predicted octanol–water partition coefficient (Wildman–Crippen LogP) is 2.93. The van der Waals surface area contributed by atoms with Crippen molar-refractivity contribution in [3.05, 3.63) is 29.6 Å². The van der Waals surface area contributed by atoms with Crippen molar-refractivity contribution in [1.29, 1.82) is 0 Å². The first kappa shape index (κ1) is 8.54. The Labute approximate surface area is 77.5 Å². The van der Waals surface area contributed by atoms with Crippen molar-refractivity contribution in [3.8, 4) is 5.75 Å². The van der Waals surface area contributed by atoms with Crippen molar-refractivity contribution in [2.24, 2.45) is 0 Å². The zero-order chi connectivity index (χ0) is 9.26. The highest BCUT2D eigenvalue weighted by atomic mass is 19.1. The number of rotatable bonds is 3. The predicted molar refractivity (Wildman–Crippen MR) is 49.4 cm³/mol. The Kier molecular flexibility index (Phi) is 2.21. The fourth-order valence-electron chi connectivity index (χ4n) is 1.27. The zero-order valence-electron chi connectivity index (χ0n) is 7.72. The topological polar surface area (TPSA) is 9.23 Å². The highest BCUT2D eigenvalue weighted by molar-refractivity contribution is 5.29. The molecule has 1 saturated carbocycles. The van der Waals surface area contributed by atoms with Gasteiger partial charge >= 0.3 is 0 Å². The van der Waals surface area contributed by atoms with Gasteiger partial charge in [0.2, 0.25) is 0 Å². The highest BCUT2D eigenvalue weighted by Gasteiger charge is 2.23. The van der Waals surface area contributed by atoms with Crippen LogP contribution >= 0.6 is 0 Å². The largest absolute Gasteiger partial charge is 0.490 e. The monoisotopic (exact) mass is 180 g/mol. The van der Waals surface area contributed by atoms with Crippen LogP contribution < -0.4 is 4.74 Å². The van der Waals surface area contributed by atoms with E-state index in [0.717, 1.165) is 24.8 Å². The fraction of sp³-hybridized carbons (Fsp3) is 0.455. The molecule has 1 aliphatic rings. The average molecular weight is 180 g/mol. The minimum absolute atomic E-state index is 0.152. The quantitative estimate of drug-likeness (QED) is 0.695. The van der Waals surface area contributed by atoms with E-state index in [4.69, 9.17) is 4.74 Å². The van der Waals surface area contributed by atoms with Gasteiger partial charge in [-0.1, -0.05) is 13.0 Å². The molecule has 0 spiro atoms. The van der Waals surface area contributed by atoms with Gasteiger partial charge in [0.1, 0.15) is 11.6 Å². The van der Waals surface area contributed by atoms with Gasteiger partial charge in [-0.25, -0.2) is 4.39 Å². The van der Waals surface area contributed by atoms with Crippen LogP contribution in [0.25, 0.3) is 0 Å². The summed E-state index contributed by atoms with van der Waals surface area (Å²) in [6, 6.07) is 5.13. The van der Waals surface area contributed by atoms with Gasteiger partial charge < -0.3 is 4.74 Å². The molecular formula is C11H13FO. The maximum Gasteiger partial charge on any atom is 0.130 e. The van der Waals surface area contributed by atoms with Crippen molar-refractivity contribution in [2.75, 3.05) is 0 Å². The van der Waals surface area contributed by atoms with Gasteiger partial charge in [0.15, 0.2) is 0 Å². The number of benzene rings is 1. The molecule has 0 radical (unpaired) electrons. The minimum Gasteiger partial charge on any atom is -0.490 e. The number of hydrogen-bond donors (Lipinski definition) is 0.